The summed E-state index contributed by atoms with van der Waals surface area (Å²) in [5.74, 6) is 1.33. The third-order valence-corrected chi connectivity index (χ3v) is 2.81. The molecule has 7 heteroatoms. The summed E-state index contributed by atoms with van der Waals surface area (Å²) in [5.41, 5.74) is 6.35. The molecule has 2 N–H and O–H groups in total. The molecule has 0 saturated carbocycles. The van der Waals surface area contributed by atoms with Crippen molar-refractivity contribution < 1.29 is 28.4 Å². The lowest BCUT2D eigenvalue weighted by Crippen LogP contribution is -2.13. The zero-order valence-electron chi connectivity index (χ0n) is 13.9. The van der Waals surface area contributed by atoms with Crippen LogP contribution in [0.2, 0.25) is 0 Å². The number of benzene rings is 1. The van der Waals surface area contributed by atoms with Crippen molar-refractivity contribution in [2.45, 2.75) is 0 Å². The van der Waals surface area contributed by atoms with Crippen molar-refractivity contribution in [2.75, 3.05) is 72.8 Å². The molecule has 0 aromatic heterocycles. The molecule has 0 aliphatic carbocycles. The smallest absolute Gasteiger partial charge is 0.125 e. The molecule has 0 aliphatic heterocycles. The number of nitrogens with two attached hydrogens (primary N) is 1. The topological polar surface area (TPSA) is 81.4 Å². The first kappa shape index (κ1) is 19.5. The van der Waals surface area contributed by atoms with E-state index in [0.717, 1.165) is 0 Å². The van der Waals surface area contributed by atoms with Crippen LogP contribution in [0.15, 0.2) is 18.2 Å². The van der Waals surface area contributed by atoms with Gasteiger partial charge in [0.15, 0.2) is 0 Å². The highest BCUT2D eigenvalue weighted by Crippen LogP contribution is 2.23. The summed E-state index contributed by atoms with van der Waals surface area (Å²) in [6, 6.07) is 5.26. The highest BCUT2D eigenvalue weighted by molar-refractivity contribution is 5.50. The van der Waals surface area contributed by atoms with Gasteiger partial charge in [-0.15, -0.1) is 0 Å². The van der Waals surface area contributed by atoms with E-state index in [2.05, 4.69) is 0 Å². The predicted octanol–water partition coefficient (Wildman–Crippen LogP) is 1.35. The van der Waals surface area contributed by atoms with Crippen LogP contribution >= 0.6 is 0 Å². The Balaban J connectivity index is 1.94. The average Bonchev–Trinajstić information content (AvgIpc) is 2.55. The maximum absolute atomic E-state index is 5.75. The zero-order chi connectivity index (χ0) is 16.8. The summed E-state index contributed by atoms with van der Waals surface area (Å²) < 4.78 is 31.6. The van der Waals surface area contributed by atoms with E-state index < -0.39 is 0 Å². The molecule has 0 saturated heterocycles. The van der Waals surface area contributed by atoms with Gasteiger partial charge in [0, 0.05) is 31.0 Å². The van der Waals surface area contributed by atoms with E-state index in [9.17, 15) is 0 Å². The van der Waals surface area contributed by atoms with E-state index in [1.54, 1.807) is 32.4 Å². The fraction of sp³-hybridized carbons (Fsp3) is 0.625. The third-order valence-electron chi connectivity index (χ3n) is 2.81. The molecule has 1 aromatic carbocycles. The molecule has 0 heterocycles. The van der Waals surface area contributed by atoms with Crippen molar-refractivity contribution in [3.05, 3.63) is 18.2 Å². The Kier molecular flexibility index (Phi) is 11.0. The molecule has 1 aromatic rings. The highest BCUT2D eigenvalue weighted by atomic mass is 16.6. The van der Waals surface area contributed by atoms with E-state index >= 15 is 0 Å². The maximum Gasteiger partial charge on any atom is 0.125 e. The Labute approximate surface area is 137 Å². The second kappa shape index (κ2) is 13.0. The molecule has 23 heavy (non-hydrogen) atoms. The Bertz CT molecular complexity index is 416. The average molecular weight is 329 g/mol. The first-order valence-corrected chi connectivity index (χ1v) is 7.55. The van der Waals surface area contributed by atoms with E-state index in [-0.39, 0.29) is 0 Å². The lowest BCUT2D eigenvalue weighted by molar-refractivity contribution is 0.000160. The Morgan fingerprint density at radius 3 is 1.78 bits per heavy atom. The lowest BCUT2D eigenvalue weighted by Gasteiger charge is -2.10. The first-order valence-electron chi connectivity index (χ1n) is 7.55. The quantitative estimate of drug-likeness (QED) is 0.407. The van der Waals surface area contributed by atoms with Crippen LogP contribution in [0.25, 0.3) is 0 Å². The van der Waals surface area contributed by atoms with Crippen LogP contribution in [0.3, 0.4) is 0 Å². The van der Waals surface area contributed by atoms with Crippen molar-refractivity contribution in [1.82, 2.24) is 0 Å². The fourth-order valence-electron chi connectivity index (χ4n) is 1.70. The molecule has 0 bridgehead atoms. The second-order valence-electron chi connectivity index (χ2n) is 4.62. The van der Waals surface area contributed by atoms with Gasteiger partial charge in [0.2, 0.25) is 0 Å². The summed E-state index contributed by atoms with van der Waals surface area (Å²) in [5, 5.41) is 0. The van der Waals surface area contributed by atoms with Crippen molar-refractivity contribution in [3.63, 3.8) is 0 Å². The lowest BCUT2D eigenvalue weighted by atomic mass is 10.3. The van der Waals surface area contributed by atoms with Gasteiger partial charge in [-0.1, -0.05) is 0 Å². The van der Waals surface area contributed by atoms with Gasteiger partial charge in [0.05, 0.1) is 53.4 Å². The van der Waals surface area contributed by atoms with E-state index in [1.165, 1.54) is 0 Å². The maximum atomic E-state index is 5.75. The van der Waals surface area contributed by atoms with Crippen LogP contribution in [-0.2, 0) is 18.9 Å². The van der Waals surface area contributed by atoms with Gasteiger partial charge in [-0.05, 0) is 0 Å². The van der Waals surface area contributed by atoms with Crippen molar-refractivity contribution in [3.8, 4) is 11.5 Å². The number of hydrogen-bond acceptors (Lipinski definition) is 7. The van der Waals surface area contributed by atoms with Crippen LogP contribution < -0.4 is 15.2 Å². The van der Waals surface area contributed by atoms with Gasteiger partial charge in [-0.3, -0.25) is 0 Å². The second-order valence-corrected chi connectivity index (χ2v) is 4.62. The van der Waals surface area contributed by atoms with Gasteiger partial charge in [-0.2, -0.15) is 0 Å². The Morgan fingerprint density at radius 1 is 0.696 bits per heavy atom. The van der Waals surface area contributed by atoms with E-state index in [0.29, 0.717) is 70.0 Å². The Hall–Kier alpha value is -1.54. The summed E-state index contributed by atoms with van der Waals surface area (Å²) in [6.45, 7) is 4.25. The van der Waals surface area contributed by atoms with Crippen molar-refractivity contribution in [1.29, 1.82) is 0 Å². The normalized spacial score (nSPS) is 10.7. The SMILES string of the molecule is COCCOCCOCCOCCOc1cc(N)cc(OC)c1. The van der Waals surface area contributed by atoms with Crippen LogP contribution in [0, 0.1) is 0 Å². The Morgan fingerprint density at radius 2 is 1.22 bits per heavy atom. The van der Waals surface area contributed by atoms with Gasteiger partial charge < -0.3 is 34.2 Å². The number of ether oxygens (including phenoxy) is 6. The van der Waals surface area contributed by atoms with Crippen LogP contribution in [0.1, 0.15) is 0 Å². The molecular weight excluding hydrogens is 302 g/mol. The van der Waals surface area contributed by atoms with Gasteiger partial charge in [0.25, 0.3) is 0 Å². The number of methoxy groups -OCH3 is 2. The molecule has 0 radical (unpaired) electrons. The molecule has 0 spiro atoms. The highest BCUT2D eigenvalue weighted by Gasteiger charge is 2.00. The summed E-state index contributed by atoms with van der Waals surface area (Å²) >= 11 is 0. The number of nitrogen functional groups attached to an aromatic ring is 1. The molecule has 0 amide bonds. The van der Waals surface area contributed by atoms with Crippen molar-refractivity contribution in [2.24, 2.45) is 0 Å². The molecule has 7 nitrogen and oxygen atoms in total. The summed E-state index contributed by atoms with van der Waals surface area (Å²) in [4.78, 5) is 0. The number of anilines is 1. The zero-order valence-corrected chi connectivity index (χ0v) is 13.9. The molecule has 0 unspecified atom stereocenters. The minimum absolute atomic E-state index is 0.437. The third kappa shape index (κ3) is 9.96. The molecule has 0 atom stereocenters. The standard InChI is InChI=1S/C16H27NO6/c1-18-3-4-20-5-6-21-7-8-22-9-10-23-16-12-14(17)11-15(13-16)19-2/h11-13H,3-10,17H2,1-2H3. The van der Waals surface area contributed by atoms with Crippen LogP contribution in [0.5, 0.6) is 11.5 Å². The number of rotatable bonds is 14. The number of hydrogen-bond donors (Lipinski definition) is 1. The first-order chi connectivity index (χ1) is 11.3. The molecule has 0 aliphatic rings. The summed E-state index contributed by atoms with van der Waals surface area (Å²) in [6.07, 6.45) is 0. The summed E-state index contributed by atoms with van der Waals surface area (Å²) in [7, 11) is 3.23. The molecule has 132 valence electrons. The van der Waals surface area contributed by atoms with Gasteiger partial charge >= 0.3 is 0 Å². The van der Waals surface area contributed by atoms with E-state index in [1.807, 2.05) is 0 Å². The van der Waals surface area contributed by atoms with E-state index in [4.69, 9.17) is 34.2 Å². The van der Waals surface area contributed by atoms with Gasteiger partial charge in [0.1, 0.15) is 18.1 Å². The fourth-order valence-corrected chi connectivity index (χ4v) is 1.70. The van der Waals surface area contributed by atoms with Crippen molar-refractivity contribution >= 4 is 5.69 Å². The largest absolute Gasteiger partial charge is 0.497 e. The monoisotopic (exact) mass is 329 g/mol. The van der Waals surface area contributed by atoms with Crippen LogP contribution in [0.4, 0.5) is 5.69 Å². The molecule has 1 rings (SSSR count). The minimum Gasteiger partial charge on any atom is -0.497 e. The predicted molar refractivity (Wildman–Crippen MR) is 87.2 cm³/mol. The van der Waals surface area contributed by atoms with Gasteiger partial charge in [-0.25, -0.2) is 0 Å². The molecular formula is C16H27NO6. The molecule has 0 fully saturated rings. The minimum atomic E-state index is 0.437. The van der Waals surface area contributed by atoms with Crippen LogP contribution in [-0.4, -0.2) is 67.1 Å².